The number of hydrogen-bond donors (Lipinski definition) is 2. The number of carbonyl (C=O) groups is 2. The zero-order valence-corrected chi connectivity index (χ0v) is 15.1. The molecule has 0 heterocycles. The number of nitrogens with zero attached hydrogens (tertiary/aromatic N) is 1. The highest BCUT2D eigenvalue weighted by Crippen LogP contribution is 2.18. The molecule has 8 heteroatoms. The van der Waals surface area contributed by atoms with Crippen molar-refractivity contribution in [1.82, 2.24) is 0 Å². The van der Waals surface area contributed by atoms with E-state index in [4.69, 9.17) is 11.6 Å². The van der Waals surface area contributed by atoms with Crippen molar-refractivity contribution in [2.24, 2.45) is 0 Å². The Morgan fingerprint density at radius 2 is 1.43 bits per heavy atom. The lowest BCUT2D eigenvalue weighted by atomic mass is 10.1. The number of carbonyl (C=O) groups excluding carboxylic acids is 2. The van der Waals surface area contributed by atoms with E-state index in [1.807, 2.05) is 0 Å². The van der Waals surface area contributed by atoms with Crippen molar-refractivity contribution in [3.63, 3.8) is 0 Å². The molecule has 0 spiro atoms. The molecule has 0 bridgehead atoms. The van der Waals surface area contributed by atoms with E-state index >= 15 is 0 Å². The molecule has 0 saturated heterocycles. The van der Waals surface area contributed by atoms with E-state index in [0.29, 0.717) is 22.0 Å². The zero-order chi connectivity index (χ0) is 20.1. The lowest BCUT2D eigenvalue weighted by molar-refractivity contribution is -0.384. The number of halogens is 1. The van der Waals surface area contributed by atoms with Gasteiger partial charge < -0.3 is 10.6 Å². The molecule has 0 aliphatic heterocycles. The number of benzene rings is 3. The van der Waals surface area contributed by atoms with E-state index < -0.39 is 10.8 Å². The summed E-state index contributed by atoms with van der Waals surface area (Å²) >= 11 is 5.89. The Morgan fingerprint density at radius 3 is 2.11 bits per heavy atom. The van der Waals surface area contributed by atoms with Crippen LogP contribution >= 0.6 is 11.6 Å². The minimum absolute atomic E-state index is 0.164. The summed E-state index contributed by atoms with van der Waals surface area (Å²) in [6.45, 7) is 0. The third-order valence-electron chi connectivity index (χ3n) is 3.81. The van der Waals surface area contributed by atoms with Crippen LogP contribution in [0.3, 0.4) is 0 Å². The fourth-order valence-electron chi connectivity index (χ4n) is 2.44. The average Bonchev–Trinajstić information content (AvgIpc) is 2.68. The highest BCUT2D eigenvalue weighted by molar-refractivity contribution is 6.31. The topological polar surface area (TPSA) is 101 Å². The molecule has 2 amide bonds. The maximum Gasteiger partial charge on any atom is 0.270 e. The van der Waals surface area contributed by atoms with Crippen molar-refractivity contribution < 1.29 is 14.5 Å². The second-order valence-electron chi connectivity index (χ2n) is 5.80. The van der Waals surface area contributed by atoms with Gasteiger partial charge in [0.05, 0.1) is 4.92 Å². The first-order chi connectivity index (χ1) is 13.4. The Hall–Kier alpha value is -3.71. The first-order valence-electron chi connectivity index (χ1n) is 8.15. The molecule has 0 aliphatic rings. The van der Waals surface area contributed by atoms with Gasteiger partial charge in [0.15, 0.2) is 0 Å². The molecule has 3 aromatic carbocycles. The minimum atomic E-state index is -0.565. The zero-order valence-electron chi connectivity index (χ0n) is 14.4. The monoisotopic (exact) mass is 395 g/mol. The van der Waals surface area contributed by atoms with Gasteiger partial charge in [0.2, 0.25) is 0 Å². The number of non-ortho nitro benzene ring substituents is 1. The molecule has 0 atom stereocenters. The molecule has 3 rings (SSSR count). The van der Waals surface area contributed by atoms with Crippen LogP contribution in [-0.4, -0.2) is 16.7 Å². The van der Waals surface area contributed by atoms with Crippen molar-refractivity contribution >= 4 is 40.5 Å². The van der Waals surface area contributed by atoms with Gasteiger partial charge in [-0.15, -0.1) is 0 Å². The second kappa shape index (κ2) is 8.32. The largest absolute Gasteiger partial charge is 0.322 e. The van der Waals surface area contributed by atoms with Gasteiger partial charge in [-0.2, -0.15) is 0 Å². The molecule has 3 aromatic rings. The van der Waals surface area contributed by atoms with Gasteiger partial charge in [-0.1, -0.05) is 23.7 Å². The Kier molecular flexibility index (Phi) is 5.67. The standard InChI is InChI=1S/C20H14ClN3O4/c21-15-4-2-5-17(12-15)23-19(25)13-7-9-16(10-8-13)22-20(26)14-3-1-6-18(11-14)24(27)28/h1-12H,(H,22,26)(H,23,25). The van der Waals surface area contributed by atoms with Crippen molar-refractivity contribution in [3.8, 4) is 0 Å². The molecule has 0 aromatic heterocycles. The summed E-state index contributed by atoms with van der Waals surface area (Å²) in [5.41, 5.74) is 1.42. The quantitative estimate of drug-likeness (QED) is 0.480. The molecular formula is C20H14ClN3O4. The smallest absolute Gasteiger partial charge is 0.270 e. The number of nitrogens with one attached hydrogen (secondary N) is 2. The highest BCUT2D eigenvalue weighted by atomic mass is 35.5. The van der Waals surface area contributed by atoms with Crippen molar-refractivity contribution in [3.05, 3.63) is 99.1 Å². The molecule has 0 saturated carbocycles. The predicted molar refractivity (Wildman–Crippen MR) is 107 cm³/mol. The summed E-state index contributed by atoms with van der Waals surface area (Å²) in [6, 6.07) is 18.5. The van der Waals surface area contributed by atoms with E-state index in [1.54, 1.807) is 48.5 Å². The van der Waals surface area contributed by atoms with Gasteiger partial charge in [0.25, 0.3) is 17.5 Å². The maximum atomic E-state index is 12.3. The van der Waals surface area contributed by atoms with Gasteiger partial charge in [0, 0.05) is 39.7 Å². The summed E-state index contributed by atoms with van der Waals surface area (Å²) in [5, 5.41) is 16.7. The van der Waals surface area contributed by atoms with E-state index in [1.165, 1.54) is 24.3 Å². The SMILES string of the molecule is O=C(Nc1cccc(Cl)c1)c1ccc(NC(=O)c2cccc([N+](=O)[O-])c2)cc1. The number of anilines is 2. The Labute approximate surface area is 165 Å². The van der Waals surface area contributed by atoms with Gasteiger partial charge in [-0.3, -0.25) is 19.7 Å². The van der Waals surface area contributed by atoms with Crippen LogP contribution in [-0.2, 0) is 0 Å². The van der Waals surface area contributed by atoms with Crippen LogP contribution in [0.2, 0.25) is 5.02 Å². The van der Waals surface area contributed by atoms with Gasteiger partial charge in [0.1, 0.15) is 0 Å². The van der Waals surface area contributed by atoms with E-state index in [-0.39, 0.29) is 17.2 Å². The van der Waals surface area contributed by atoms with E-state index in [2.05, 4.69) is 10.6 Å². The first kappa shape index (κ1) is 19.1. The molecule has 0 radical (unpaired) electrons. The Bertz CT molecular complexity index is 1050. The molecule has 2 N–H and O–H groups in total. The number of nitro groups is 1. The van der Waals surface area contributed by atoms with Crippen LogP contribution in [0, 0.1) is 10.1 Å². The number of nitro benzene ring substituents is 1. The molecule has 0 unspecified atom stereocenters. The maximum absolute atomic E-state index is 12.3. The fourth-order valence-corrected chi connectivity index (χ4v) is 2.63. The van der Waals surface area contributed by atoms with Crippen LogP contribution in [0.15, 0.2) is 72.8 Å². The summed E-state index contributed by atoms with van der Waals surface area (Å²) in [5.74, 6) is -0.807. The van der Waals surface area contributed by atoms with Crippen LogP contribution in [0.25, 0.3) is 0 Å². The Morgan fingerprint density at radius 1 is 0.786 bits per heavy atom. The molecular weight excluding hydrogens is 382 g/mol. The summed E-state index contributed by atoms with van der Waals surface area (Å²) in [7, 11) is 0. The third kappa shape index (κ3) is 4.72. The van der Waals surface area contributed by atoms with E-state index in [9.17, 15) is 19.7 Å². The summed E-state index contributed by atoms with van der Waals surface area (Å²) in [4.78, 5) is 34.8. The number of hydrogen-bond acceptors (Lipinski definition) is 4. The van der Waals surface area contributed by atoms with Gasteiger partial charge in [-0.25, -0.2) is 0 Å². The predicted octanol–water partition coefficient (Wildman–Crippen LogP) is 4.75. The van der Waals surface area contributed by atoms with Crippen LogP contribution in [0.1, 0.15) is 20.7 Å². The minimum Gasteiger partial charge on any atom is -0.322 e. The third-order valence-corrected chi connectivity index (χ3v) is 4.04. The molecule has 140 valence electrons. The summed E-state index contributed by atoms with van der Waals surface area (Å²) in [6.07, 6.45) is 0. The molecule has 0 fully saturated rings. The number of rotatable bonds is 5. The summed E-state index contributed by atoms with van der Waals surface area (Å²) < 4.78 is 0. The molecule has 0 aliphatic carbocycles. The van der Waals surface area contributed by atoms with Crippen molar-refractivity contribution in [2.75, 3.05) is 10.6 Å². The highest BCUT2D eigenvalue weighted by Gasteiger charge is 2.12. The van der Waals surface area contributed by atoms with Crippen LogP contribution in [0.5, 0.6) is 0 Å². The lowest BCUT2D eigenvalue weighted by Gasteiger charge is -2.08. The molecule has 7 nitrogen and oxygen atoms in total. The van der Waals surface area contributed by atoms with Gasteiger partial charge in [-0.05, 0) is 48.5 Å². The first-order valence-corrected chi connectivity index (χ1v) is 8.53. The lowest BCUT2D eigenvalue weighted by Crippen LogP contribution is -2.14. The van der Waals surface area contributed by atoms with Crippen LogP contribution in [0.4, 0.5) is 17.1 Å². The second-order valence-corrected chi connectivity index (χ2v) is 6.24. The normalized spacial score (nSPS) is 10.2. The Balaban J connectivity index is 1.67. The molecule has 28 heavy (non-hydrogen) atoms. The van der Waals surface area contributed by atoms with Crippen molar-refractivity contribution in [1.29, 1.82) is 0 Å². The number of amides is 2. The van der Waals surface area contributed by atoms with Gasteiger partial charge >= 0.3 is 0 Å². The van der Waals surface area contributed by atoms with Crippen molar-refractivity contribution in [2.45, 2.75) is 0 Å². The average molecular weight is 396 g/mol. The van der Waals surface area contributed by atoms with Crippen LogP contribution < -0.4 is 10.6 Å². The fraction of sp³-hybridized carbons (Fsp3) is 0. The van der Waals surface area contributed by atoms with E-state index in [0.717, 1.165) is 0 Å².